The summed E-state index contributed by atoms with van der Waals surface area (Å²) in [5, 5.41) is 7.57. The molecule has 2 amide bonds. The van der Waals surface area contributed by atoms with Crippen molar-refractivity contribution in [1.29, 1.82) is 0 Å². The molecule has 0 saturated carbocycles. The zero-order valence-electron chi connectivity index (χ0n) is 14.3. The summed E-state index contributed by atoms with van der Waals surface area (Å²) in [4.78, 5) is 25.8. The maximum Gasteiger partial charge on any atom is 0.267 e. The fraction of sp³-hybridized carbons (Fsp3) is 0.263. The number of rotatable bonds is 6. The molecule has 0 bridgehead atoms. The molecule has 0 aromatic heterocycles. The van der Waals surface area contributed by atoms with Gasteiger partial charge in [0.15, 0.2) is 0 Å². The SMILES string of the molecule is CC(=O)N/C(=C\c1cccc2ccccc12)C(=O)NCCN(C)C. The molecular weight excluding hydrogens is 302 g/mol. The second-order valence-electron chi connectivity index (χ2n) is 5.87. The Balaban J connectivity index is 2.30. The fourth-order valence-corrected chi connectivity index (χ4v) is 2.37. The van der Waals surface area contributed by atoms with Crippen LogP contribution in [-0.4, -0.2) is 43.9 Å². The molecule has 2 aromatic carbocycles. The second-order valence-corrected chi connectivity index (χ2v) is 5.87. The van der Waals surface area contributed by atoms with Crippen LogP contribution in [0, 0.1) is 0 Å². The number of nitrogens with one attached hydrogen (secondary N) is 2. The molecule has 2 aromatic rings. The van der Waals surface area contributed by atoms with Gasteiger partial charge in [-0.2, -0.15) is 0 Å². The van der Waals surface area contributed by atoms with E-state index in [1.54, 1.807) is 6.08 Å². The summed E-state index contributed by atoms with van der Waals surface area (Å²) in [5.41, 5.74) is 1.14. The third-order valence-corrected chi connectivity index (χ3v) is 3.52. The van der Waals surface area contributed by atoms with Crippen molar-refractivity contribution in [3.05, 3.63) is 53.7 Å². The predicted octanol–water partition coefficient (Wildman–Crippen LogP) is 1.99. The van der Waals surface area contributed by atoms with Gasteiger partial charge in [0.1, 0.15) is 5.70 Å². The number of benzene rings is 2. The minimum absolute atomic E-state index is 0.248. The molecule has 0 aliphatic rings. The summed E-state index contributed by atoms with van der Waals surface area (Å²) in [6, 6.07) is 13.8. The summed E-state index contributed by atoms with van der Waals surface area (Å²) in [6.45, 7) is 2.63. The van der Waals surface area contributed by atoms with Gasteiger partial charge >= 0.3 is 0 Å². The Bertz CT molecular complexity index is 761. The summed E-state index contributed by atoms with van der Waals surface area (Å²) in [6.07, 6.45) is 1.72. The van der Waals surface area contributed by atoms with E-state index in [9.17, 15) is 9.59 Å². The third kappa shape index (κ3) is 4.93. The number of hydrogen-bond donors (Lipinski definition) is 2. The van der Waals surface area contributed by atoms with Crippen LogP contribution in [0.4, 0.5) is 0 Å². The molecule has 0 atom stereocenters. The van der Waals surface area contributed by atoms with Crippen molar-refractivity contribution >= 4 is 28.7 Å². The summed E-state index contributed by atoms with van der Waals surface area (Å²) in [7, 11) is 3.87. The van der Waals surface area contributed by atoms with Gasteiger partial charge in [-0.15, -0.1) is 0 Å². The van der Waals surface area contributed by atoms with Crippen LogP contribution in [0.3, 0.4) is 0 Å². The summed E-state index contributed by atoms with van der Waals surface area (Å²) >= 11 is 0. The standard InChI is InChI=1S/C19H23N3O2/c1-14(23)21-18(19(24)20-11-12-22(2)3)13-16-9-6-8-15-7-4-5-10-17(15)16/h4-10,13H,11-12H2,1-3H3,(H,20,24)(H,21,23)/b18-13-. The smallest absolute Gasteiger partial charge is 0.267 e. The monoisotopic (exact) mass is 325 g/mol. The number of amides is 2. The molecule has 24 heavy (non-hydrogen) atoms. The topological polar surface area (TPSA) is 61.4 Å². The average Bonchev–Trinajstić information content (AvgIpc) is 2.53. The number of nitrogens with zero attached hydrogens (tertiary/aromatic N) is 1. The van der Waals surface area contributed by atoms with Crippen LogP contribution in [-0.2, 0) is 9.59 Å². The summed E-state index contributed by atoms with van der Waals surface area (Å²) < 4.78 is 0. The molecule has 0 aliphatic carbocycles. The van der Waals surface area contributed by atoms with Gasteiger partial charge in [-0.25, -0.2) is 0 Å². The van der Waals surface area contributed by atoms with Crippen LogP contribution in [0.2, 0.25) is 0 Å². The number of likely N-dealkylation sites (N-methyl/N-ethyl adjacent to an activating group) is 1. The van der Waals surface area contributed by atoms with Crippen LogP contribution >= 0.6 is 0 Å². The predicted molar refractivity (Wildman–Crippen MR) is 97.3 cm³/mol. The zero-order chi connectivity index (χ0) is 17.5. The molecule has 126 valence electrons. The minimum atomic E-state index is -0.292. The van der Waals surface area contributed by atoms with Gasteiger partial charge < -0.3 is 15.5 Å². The van der Waals surface area contributed by atoms with Crippen LogP contribution in [0.5, 0.6) is 0 Å². The van der Waals surface area contributed by atoms with Gasteiger partial charge in [0, 0.05) is 20.0 Å². The van der Waals surface area contributed by atoms with E-state index in [1.165, 1.54) is 6.92 Å². The van der Waals surface area contributed by atoms with Gasteiger partial charge in [0.2, 0.25) is 5.91 Å². The molecule has 0 radical (unpaired) electrons. The van der Waals surface area contributed by atoms with Crippen molar-refractivity contribution in [1.82, 2.24) is 15.5 Å². The van der Waals surface area contributed by atoms with Gasteiger partial charge in [-0.1, -0.05) is 42.5 Å². The molecule has 2 N–H and O–H groups in total. The molecule has 0 saturated heterocycles. The normalized spacial score (nSPS) is 11.6. The highest BCUT2D eigenvalue weighted by Crippen LogP contribution is 2.20. The molecule has 0 aliphatic heterocycles. The molecule has 5 heteroatoms. The Hall–Kier alpha value is -2.66. The van der Waals surface area contributed by atoms with Crippen molar-refractivity contribution in [2.75, 3.05) is 27.2 Å². The lowest BCUT2D eigenvalue weighted by Gasteiger charge is -2.13. The number of carbonyl (C=O) groups excluding carboxylic acids is 2. The van der Waals surface area contributed by atoms with Crippen LogP contribution < -0.4 is 10.6 Å². The zero-order valence-corrected chi connectivity index (χ0v) is 14.3. The first kappa shape index (κ1) is 17.7. The lowest BCUT2D eigenvalue weighted by Crippen LogP contribution is -2.37. The van der Waals surface area contributed by atoms with Gasteiger partial charge in [0.05, 0.1) is 0 Å². The van der Waals surface area contributed by atoms with Gasteiger partial charge in [0.25, 0.3) is 5.91 Å². The van der Waals surface area contributed by atoms with Crippen LogP contribution in [0.1, 0.15) is 12.5 Å². The number of carbonyl (C=O) groups is 2. The maximum atomic E-state index is 12.4. The Morgan fingerprint density at radius 2 is 1.79 bits per heavy atom. The molecule has 2 rings (SSSR count). The molecule has 0 heterocycles. The lowest BCUT2D eigenvalue weighted by molar-refractivity contribution is -0.122. The summed E-state index contributed by atoms with van der Waals surface area (Å²) in [5.74, 6) is -0.566. The molecule has 5 nitrogen and oxygen atoms in total. The Morgan fingerprint density at radius 1 is 1.08 bits per heavy atom. The largest absolute Gasteiger partial charge is 0.349 e. The van der Waals surface area contributed by atoms with Crippen LogP contribution in [0.15, 0.2) is 48.2 Å². The van der Waals surface area contributed by atoms with E-state index in [0.29, 0.717) is 6.54 Å². The van der Waals surface area contributed by atoms with Crippen molar-refractivity contribution in [2.45, 2.75) is 6.92 Å². The van der Waals surface area contributed by atoms with Crippen molar-refractivity contribution in [3.63, 3.8) is 0 Å². The average molecular weight is 325 g/mol. The van der Waals surface area contributed by atoms with Crippen molar-refractivity contribution < 1.29 is 9.59 Å². The Kier molecular flexibility index (Phi) is 6.09. The van der Waals surface area contributed by atoms with E-state index in [0.717, 1.165) is 22.9 Å². The minimum Gasteiger partial charge on any atom is -0.349 e. The quantitative estimate of drug-likeness (QED) is 0.799. The highest BCUT2D eigenvalue weighted by atomic mass is 16.2. The third-order valence-electron chi connectivity index (χ3n) is 3.52. The van der Waals surface area contributed by atoms with E-state index < -0.39 is 0 Å². The van der Waals surface area contributed by atoms with E-state index in [2.05, 4.69) is 10.6 Å². The van der Waals surface area contributed by atoms with Crippen molar-refractivity contribution in [2.24, 2.45) is 0 Å². The molecule has 0 unspecified atom stereocenters. The van der Waals surface area contributed by atoms with Crippen LogP contribution in [0.25, 0.3) is 16.8 Å². The first-order valence-corrected chi connectivity index (χ1v) is 7.87. The highest BCUT2D eigenvalue weighted by molar-refractivity contribution is 6.03. The Labute approximate surface area is 142 Å². The van der Waals surface area contributed by atoms with E-state index in [1.807, 2.05) is 61.5 Å². The molecule has 0 spiro atoms. The lowest BCUT2D eigenvalue weighted by atomic mass is 10.0. The number of fused-ring (bicyclic) bond motifs is 1. The van der Waals surface area contributed by atoms with Gasteiger partial charge in [-0.05, 0) is 36.5 Å². The molecular formula is C19H23N3O2. The van der Waals surface area contributed by atoms with E-state index in [-0.39, 0.29) is 17.5 Å². The molecule has 0 fully saturated rings. The maximum absolute atomic E-state index is 12.4. The van der Waals surface area contributed by atoms with E-state index >= 15 is 0 Å². The van der Waals surface area contributed by atoms with Crippen molar-refractivity contribution in [3.8, 4) is 0 Å². The van der Waals surface area contributed by atoms with E-state index in [4.69, 9.17) is 0 Å². The van der Waals surface area contributed by atoms with Gasteiger partial charge in [-0.3, -0.25) is 9.59 Å². The fourth-order valence-electron chi connectivity index (χ4n) is 2.37. The Morgan fingerprint density at radius 3 is 2.50 bits per heavy atom. The second kappa shape index (κ2) is 8.26. The number of hydrogen-bond acceptors (Lipinski definition) is 3. The first-order chi connectivity index (χ1) is 11.5. The first-order valence-electron chi connectivity index (χ1n) is 7.87. The highest BCUT2D eigenvalue weighted by Gasteiger charge is 2.11.